The van der Waals surface area contributed by atoms with E-state index in [2.05, 4.69) is 19.2 Å². The lowest BCUT2D eigenvalue weighted by atomic mass is 9.80. The van der Waals surface area contributed by atoms with Crippen molar-refractivity contribution in [3.05, 3.63) is 30.1 Å². The minimum Gasteiger partial charge on any atom is -0.382 e. The average molecular weight is 221 g/mol. The summed E-state index contributed by atoms with van der Waals surface area (Å²) in [6, 6.07) is 7.20. The molecule has 16 heavy (non-hydrogen) atoms. The van der Waals surface area contributed by atoms with E-state index in [0.717, 1.165) is 11.6 Å². The van der Waals surface area contributed by atoms with Crippen molar-refractivity contribution in [3.8, 4) is 0 Å². The van der Waals surface area contributed by atoms with Crippen molar-refractivity contribution in [1.82, 2.24) is 0 Å². The first kappa shape index (κ1) is 11.4. The van der Waals surface area contributed by atoms with Crippen LogP contribution in [0, 0.1) is 17.7 Å². The Morgan fingerprint density at radius 3 is 2.50 bits per heavy atom. The number of benzene rings is 1. The first-order chi connectivity index (χ1) is 7.65. The van der Waals surface area contributed by atoms with Crippen molar-refractivity contribution in [1.29, 1.82) is 0 Å². The van der Waals surface area contributed by atoms with Crippen LogP contribution in [0.15, 0.2) is 24.3 Å². The molecule has 88 valence electrons. The summed E-state index contributed by atoms with van der Waals surface area (Å²) in [6.45, 7) is 4.61. The summed E-state index contributed by atoms with van der Waals surface area (Å²) < 4.78 is 12.8. The normalized spacial score (nSPS) is 30.1. The topological polar surface area (TPSA) is 12.0 Å². The average Bonchev–Trinajstić information content (AvgIpc) is 2.27. The van der Waals surface area contributed by atoms with Gasteiger partial charge in [0, 0.05) is 11.7 Å². The zero-order valence-electron chi connectivity index (χ0n) is 10.0. The Balaban J connectivity index is 2.00. The summed E-state index contributed by atoms with van der Waals surface area (Å²) in [6.07, 6.45) is 3.85. The number of rotatable bonds is 2. The van der Waals surface area contributed by atoms with Gasteiger partial charge < -0.3 is 5.32 Å². The molecule has 1 aromatic carbocycles. The van der Waals surface area contributed by atoms with Gasteiger partial charge in [0.05, 0.1) is 0 Å². The van der Waals surface area contributed by atoms with Gasteiger partial charge in [0.15, 0.2) is 0 Å². The summed E-state index contributed by atoms with van der Waals surface area (Å²) in [5, 5.41) is 3.52. The highest BCUT2D eigenvalue weighted by molar-refractivity contribution is 5.44. The Hall–Kier alpha value is -1.05. The third-order valence-corrected chi connectivity index (χ3v) is 3.65. The van der Waals surface area contributed by atoms with E-state index in [4.69, 9.17) is 0 Å². The molecule has 0 heterocycles. The molecule has 1 aliphatic rings. The highest BCUT2D eigenvalue weighted by Crippen LogP contribution is 2.30. The summed E-state index contributed by atoms with van der Waals surface area (Å²) >= 11 is 0. The molecular weight excluding hydrogens is 201 g/mol. The van der Waals surface area contributed by atoms with Gasteiger partial charge >= 0.3 is 0 Å². The van der Waals surface area contributed by atoms with Crippen LogP contribution >= 0.6 is 0 Å². The molecule has 1 saturated carbocycles. The molecule has 0 radical (unpaired) electrons. The van der Waals surface area contributed by atoms with Gasteiger partial charge in [0.25, 0.3) is 0 Å². The zero-order valence-corrected chi connectivity index (χ0v) is 10.0. The second kappa shape index (κ2) is 4.86. The molecule has 0 saturated heterocycles. The van der Waals surface area contributed by atoms with Gasteiger partial charge in [-0.05, 0) is 48.9 Å². The Bertz CT molecular complexity index is 333. The SMILES string of the molecule is CC1CCC(C)C(Nc2ccc(F)cc2)C1. The highest BCUT2D eigenvalue weighted by Gasteiger charge is 2.25. The number of nitrogens with one attached hydrogen (secondary N) is 1. The monoisotopic (exact) mass is 221 g/mol. The van der Waals surface area contributed by atoms with E-state index in [-0.39, 0.29) is 5.82 Å². The highest BCUT2D eigenvalue weighted by atomic mass is 19.1. The van der Waals surface area contributed by atoms with E-state index in [9.17, 15) is 4.39 Å². The van der Waals surface area contributed by atoms with Crippen LogP contribution in [0.25, 0.3) is 0 Å². The number of anilines is 1. The summed E-state index contributed by atoms with van der Waals surface area (Å²) in [7, 11) is 0. The van der Waals surface area contributed by atoms with Crippen molar-refractivity contribution in [2.45, 2.75) is 39.2 Å². The van der Waals surface area contributed by atoms with Gasteiger partial charge in [-0.3, -0.25) is 0 Å². The second-order valence-corrected chi connectivity index (χ2v) is 5.15. The first-order valence-corrected chi connectivity index (χ1v) is 6.17. The van der Waals surface area contributed by atoms with Crippen molar-refractivity contribution in [3.63, 3.8) is 0 Å². The van der Waals surface area contributed by atoms with Crippen LogP contribution in [-0.4, -0.2) is 6.04 Å². The van der Waals surface area contributed by atoms with Gasteiger partial charge in [0.1, 0.15) is 5.82 Å². The zero-order chi connectivity index (χ0) is 11.5. The maximum atomic E-state index is 12.8. The predicted octanol–water partition coefficient (Wildman–Crippen LogP) is 4.06. The second-order valence-electron chi connectivity index (χ2n) is 5.15. The lowest BCUT2D eigenvalue weighted by Gasteiger charge is -2.34. The third-order valence-electron chi connectivity index (χ3n) is 3.65. The molecule has 0 amide bonds. The van der Waals surface area contributed by atoms with Crippen molar-refractivity contribution >= 4 is 5.69 Å². The fourth-order valence-corrected chi connectivity index (χ4v) is 2.49. The Labute approximate surface area is 97.1 Å². The molecule has 1 nitrogen and oxygen atoms in total. The Kier molecular flexibility index (Phi) is 3.47. The van der Waals surface area contributed by atoms with Gasteiger partial charge in [-0.25, -0.2) is 4.39 Å². The smallest absolute Gasteiger partial charge is 0.123 e. The summed E-state index contributed by atoms with van der Waals surface area (Å²) in [5.74, 6) is 1.34. The van der Waals surface area contributed by atoms with Crippen LogP contribution in [0.2, 0.25) is 0 Å². The summed E-state index contributed by atoms with van der Waals surface area (Å²) in [4.78, 5) is 0. The van der Waals surface area contributed by atoms with E-state index in [1.807, 2.05) is 12.1 Å². The summed E-state index contributed by atoms with van der Waals surface area (Å²) in [5.41, 5.74) is 1.03. The largest absolute Gasteiger partial charge is 0.382 e. The lowest BCUT2D eigenvalue weighted by Crippen LogP contribution is -2.33. The molecular formula is C14H20FN. The van der Waals surface area contributed by atoms with E-state index in [0.29, 0.717) is 12.0 Å². The minimum atomic E-state index is -0.171. The molecule has 1 N–H and O–H groups in total. The van der Waals surface area contributed by atoms with Crippen molar-refractivity contribution in [2.75, 3.05) is 5.32 Å². The fraction of sp³-hybridized carbons (Fsp3) is 0.571. The number of hydrogen-bond donors (Lipinski definition) is 1. The van der Waals surface area contributed by atoms with Gasteiger partial charge in [-0.15, -0.1) is 0 Å². The van der Waals surface area contributed by atoms with Crippen LogP contribution < -0.4 is 5.32 Å². The molecule has 1 aliphatic carbocycles. The van der Waals surface area contributed by atoms with E-state index in [1.54, 1.807) is 0 Å². The van der Waals surface area contributed by atoms with Crippen LogP contribution in [0.4, 0.5) is 10.1 Å². The molecule has 1 aromatic rings. The van der Waals surface area contributed by atoms with Gasteiger partial charge in [0.2, 0.25) is 0 Å². The van der Waals surface area contributed by atoms with Crippen LogP contribution in [0.5, 0.6) is 0 Å². The van der Waals surface area contributed by atoms with Crippen LogP contribution in [0.3, 0.4) is 0 Å². The molecule has 2 heteroatoms. The number of hydrogen-bond acceptors (Lipinski definition) is 1. The first-order valence-electron chi connectivity index (χ1n) is 6.17. The molecule has 0 bridgehead atoms. The third kappa shape index (κ3) is 2.75. The van der Waals surface area contributed by atoms with E-state index >= 15 is 0 Å². The van der Waals surface area contributed by atoms with E-state index < -0.39 is 0 Å². The minimum absolute atomic E-state index is 0.171. The van der Waals surface area contributed by atoms with Gasteiger partial charge in [-0.2, -0.15) is 0 Å². The van der Waals surface area contributed by atoms with Crippen LogP contribution in [0.1, 0.15) is 33.1 Å². The standard InChI is InChI=1S/C14H20FN/c1-10-3-4-11(2)14(9-10)16-13-7-5-12(15)6-8-13/h5-8,10-11,14,16H,3-4,9H2,1-2H3. The van der Waals surface area contributed by atoms with Crippen molar-refractivity contribution < 1.29 is 4.39 Å². The predicted molar refractivity (Wildman–Crippen MR) is 66.0 cm³/mol. The molecule has 0 spiro atoms. The van der Waals surface area contributed by atoms with Crippen molar-refractivity contribution in [2.24, 2.45) is 11.8 Å². The quantitative estimate of drug-likeness (QED) is 0.794. The molecule has 1 fully saturated rings. The number of halogens is 1. The van der Waals surface area contributed by atoms with Gasteiger partial charge in [-0.1, -0.05) is 20.3 Å². The van der Waals surface area contributed by atoms with Crippen LogP contribution in [-0.2, 0) is 0 Å². The Morgan fingerprint density at radius 1 is 1.12 bits per heavy atom. The fourth-order valence-electron chi connectivity index (χ4n) is 2.49. The molecule has 3 unspecified atom stereocenters. The Morgan fingerprint density at radius 2 is 1.81 bits per heavy atom. The molecule has 0 aromatic heterocycles. The molecule has 3 atom stereocenters. The van der Waals surface area contributed by atoms with E-state index in [1.165, 1.54) is 31.4 Å². The maximum Gasteiger partial charge on any atom is 0.123 e. The maximum absolute atomic E-state index is 12.8. The molecule has 2 rings (SSSR count). The lowest BCUT2D eigenvalue weighted by molar-refractivity contribution is 0.280. The molecule has 0 aliphatic heterocycles.